The van der Waals surface area contributed by atoms with Crippen LogP contribution in [-0.4, -0.2) is 75.1 Å². The molecule has 0 spiro atoms. The normalized spacial score (nSPS) is 11.0. The number of amides is 1. The minimum atomic E-state index is -0.243. The van der Waals surface area contributed by atoms with Gasteiger partial charge in [-0.25, -0.2) is 4.68 Å². The molecule has 4 aromatic rings. The van der Waals surface area contributed by atoms with Crippen LogP contribution in [0.3, 0.4) is 0 Å². The largest absolute Gasteiger partial charge is 0.491 e. The van der Waals surface area contributed by atoms with Crippen LogP contribution in [0.5, 0.6) is 5.75 Å². The second-order valence-corrected chi connectivity index (χ2v) is 9.31. The van der Waals surface area contributed by atoms with Crippen molar-refractivity contribution in [1.29, 1.82) is 0 Å². The van der Waals surface area contributed by atoms with Crippen molar-refractivity contribution in [3.8, 4) is 22.7 Å². The summed E-state index contributed by atoms with van der Waals surface area (Å²) in [5, 5.41) is 7.70. The first-order valence-corrected chi connectivity index (χ1v) is 14.3. The number of ether oxygens (including phenoxy) is 5. The molecular formula is C33H39N3O6. The molecule has 0 atom stereocenters. The Morgan fingerprint density at radius 2 is 1.24 bits per heavy atom. The van der Waals surface area contributed by atoms with Crippen molar-refractivity contribution in [2.75, 3.05) is 64.8 Å². The molecule has 222 valence electrons. The first-order chi connectivity index (χ1) is 20.7. The fraction of sp³-hybridized carbons (Fsp3) is 0.333. The second kappa shape index (κ2) is 17.7. The number of rotatable bonds is 19. The number of aromatic nitrogens is 2. The summed E-state index contributed by atoms with van der Waals surface area (Å²) in [6, 6.07) is 26.7. The molecule has 42 heavy (non-hydrogen) atoms. The highest BCUT2D eigenvalue weighted by atomic mass is 16.6. The maximum Gasteiger partial charge on any atom is 0.259 e. The lowest BCUT2D eigenvalue weighted by Gasteiger charge is -2.09. The second-order valence-electron chi connectivity index (χ2n) is 9.31. The van der Waals surface area contributed by atoms with Crippen molar-refractivity contribution in [3.63, 3.8) is 0 Å². The third kappa shape index (κ3) is 10.1. The molecule has 1 aromatic heterocycles. The molecule has 1 heterocycles. The van der Waals surface area contributed by atoms with Crippen LogP contribution >= 0.6 is 0 Å². The van der Waals surface area contributed by atoms with E-state index in [4.69, 9.17) is 28.8 Å². The molecule has 3 aromatic carbocycles. The Labute approximate surface area is 247 Å². The lowest BCUT2D eigenvalue weighted by Crippen LogP contribution is -2.14. The van der Waals surface area contributed by atoms with Crippen LogP contribution in [0.4, 0.5) is 5.69 Å². The highest BCUT2D eigenvalue weighted by molar-refractivity contribution is 6.08. The minimum Gasteiger partial charge on any atom is -0.491 e. The fourth-order valence-electron chi connectivity index (χ4n) is 4.02. The molecule has 9 heteroatoms. The van der Waals surface area contributed by atoms with E-state index in [-0.39, 0.29) is 5.91 Å². The van der Waals surface area contributed by atoms with Crippen LogP contribution < -0.4 is 10.1 Å². The van der Waals surface area contributed by atoms with Crippen LogP contribution in [0, 0.1) is 0 Å². The summed E-state index contributed by atoms with van der Waals surface area (Å²) in [4.78, 5) is 13.3. The molecule has 0 unspecified atom stereocenters. The summed E-state index contributed by atoms with van der Waals surface area (Å²) in [5.41, 5.74) is 3.50. The summed E-state index contributed by atoms with van der Waals surface area (Å²) < 4.78 is 29.3. The molecule has 0 radical (unpaired) electrons. The third-order valence-electron chi connectivity index (χ3n) is 6.10. The number of carbonyl (C=O) groups excluding carboxylic acids is 1. The van der Waals surface area contributed by atoms with Crippen molar-refractivity contribution >= 4 is 11.6 Å². The van der Waals surface area contributed by atoms with E-state index in [2.05, 4.69) is 12.2 Å². The maximum absolute atomic E-state index is 13.3. The molecule has 0 saturated carbocycles. The molecule has 1 amide bonds. The van der Waals surface area contributed by atoms with Gasteiger partial charge >= 0.3 is 0 Å². The number of anilines is 1. The van der Waals surface area contributed by atoms with E-state index in [1.807, 2.05) is 84.9 Å². The van der Waals surface area contributed by atoms with Gasteiger partial charge in [0.1, 0.15) is 18.1 Å². The first kappa shape index (κ1) is 30.9. The zero-order valence-electron chi connectivity index (χ0n) is 24.1. The number of benzene rings is 3. The van der Waals surface area contributed by atoms with E-state index >= 15 is 0 Å². The molecule has 0 aliphatic carbocycles. The van der Waals surface area contributed by atoms with Gasteiger partial charge in [-0.05, 0) is 42.8 Å². The summed E-state index contributed by atoms with van der Waals surface area (Å²) in [7, 11) is 0. The lowest BCUT2D eigenvalue weighted by atomic mass is 10.1. The molecule has 4 rings (SSSR count). The maximum atomic E-state index is 13.3. The Morgan fingerprint density at radius 1 is 0.690 bits per heavy atom. The van der Waals surface area contributed by atoms with Gasteiger partial charge in [0.05, 0.1) is 57.5 Å². The predicted octanol–water partition coefficient (Wildman–Crippen LogP) is 5.65. The Morgan fingerprint density at radius 3 is 1.83 bits per heavy atom. The number of carbonyl (C=O) groups is 1. The first-order valence-electron chi connectivity index (χ1n) is 14.3. The highest BCUT2D eigenvalue weighted by Crippen LogP contribution is 2.25. The Bertz CT molecular complexity index is 1310. The monoisotopic (exact) mass is 573 g/mol. The van der Waals surface area contributed by atoms with Gasteiger partial charge in [0.15, 0.2) is 0 Å². The van der Waals surface area contributed by atoms with Gasteiger partial charge in [-0.15, -0.1) is 0 Å². The standard InChI is InChI=1S/C33H39N3O6/c1-2-17-38-18-19-39-20-21-40-22-23-41-24-25-42-30-15-13-28(14-16-30)34-33(37)31-26-36(29-11-7-4-8-12-29)35-32(31)27-9-5-3-6-10-27/h3-16,26H,2,17-25H2,1H3,(H,34,37). The molecule has 0 fully saturated rings. The van der Waals surface area contributed by atoms with Gasteiger partial charge in [0, 0.05) is 24.1 Å². The van der Waals surface area contributed by atoms with Crippen LogP contribution in [0.1, 0.15) is 23.7 Å². The topological polar surface area (TPSA) is 93.1 Å². The van der Waals surface area contributed by atoms with Crippen molar-refractivity contribution in [1.82, 2.24) is 9.78 Å². The summed E-state index contributed by atoms with van der Waals surface area (Å²) >= 11 is 0. The van der Waals surface area contributed by atoms with Crippen molar-refractivity contribution in [3.05, 3.63) is 96.7 Å². The van der Waals surface area contributed by atoms with Gasteiger partial charge in [0.25, 0.3) is 5.91 Å². The highest BCUT2D eigenvalue weighted by Gasteiger charge is 2.19. The minimum absolute atomic E-state index is 0.243. The molecule has 0 aliphatic rings. The molecule has 0 aliphatic heterocycles. The average molecular weight is 574 g/mol. The summed E-state index contributed by atoms with van der Waals surface area (Å²) in [5.74, 6) is 0.447. The van der Waals surface area contributed by atoms with Crippen LogP contribution in [0.25, 0.3) is 16.9 Å². The predicted molar refractivity (Wildman–Crippen MR) is 162 cm³/mol. The van der Waals surface area contributed by atoms with Crippen molar-refractivity contribution in [2.24, 2.45) is 0 Å². The van der Waals surface area contributed by atoms with Crippen molar-refractivity contribution < 1.29 is 28.5 Å². The molecule has 1 N–H and O–H groups in total. The number of nitrogens with zero attached hydrogens (tertiary/aromatic N) is 2. The Hall–Kier alpha value is -4.02. The Balaban J connectivity index is 1.18. The SMILES string of the molecule is CCCOCCOCCOCCOCCOc1ccc(NC(=O)c2cn(-c3ccccc3)nc2-c2ccccc2)cc1. The number of para-hydroxylation sites is 1. The van der Waals surface area contributed by atoms with E-state index in [0.717, 1.165) is 24.3 Å². The Kier molecular flexibility index (Phi) is 13.0. The average Bonchev–Trinajstić information content (AvgIpc) is 3.49. The van der Waals surface area contributed by atoms with E-state index in [1.165, 1.54) is 0 Å². The van der Waals surface area contributed by atoms with Gasteiger partial charge in [-0.3, -0.25) is 4.79 Å². The molecule has 0 bridgehead atoms. The van der Waals surface area contributed by atoms with E-state index < -0.39 is 0 Å². The molecular weight excluding hydrogens is 534 g/mol. The summed E-state index contributed by atoms with van der Waals surface area (Å²) in [6.45, 7) is 6.96. The van der Waals surface area contributed by atoms with Gasteiger partial charge in [-0.1, -0.05) is 55.5 Å². The van der Waals surface area contributed by atoms with Gasteiger partial charge < -0.3 is 29.0 Å². The van der Waals surface area contributed by atoms with Gasteiger partial charge in [-0.2, -0.15) is 5.10 Å². The zero-order chi connectivity index (χ0) is 29.2. The van der Waals surface area contributed by atoms with E-state index in [0.29, 0.717) is 75.5 Å². The summed E-state index contributed by atoms with van der Waals surface area (Å²) in [6.07, 6.45) is 2.77. The van der Waals surface area contributed by atoms with E-state index in [9.17, 15) is 4.79 Å². The number of nitrogens with one attached hydrogen (secondary N) is 1. The third-order valence-corrected chi connectivity index (χ3v) is 6.10. The number of hydrogen-bond acceptors (Lipinski definition) is 7. The number of hydrogen-bond donors (Lipinski definition) is 1. The fourth-order valence-corrected chi connectivity index (χ4v) is 4.02. The smallest absolute Gasteiger partial charge is 0.259 e. The van der Waals surface area contributed by atoms with Crippen LogP contribution in [0.15, 0.2) is 91.1 Å². The van der Waals surface area contributed by atoms with Crippen LogP contribution in [0.2, 0.25) is 0 Å². The van der Waals surface area contributed by atoms with Crippen LogP contribution in [-0.2, 0) is 18.9 Å². The molecule has 0 saturated heterocycles. The zero-order valence-corrected chi connectivity index (χ0v) is 24.1. The quantitative estimate of drug-likeness (QED) is 0.145. The lowest BCUT2D eigenvalue weighted by molar-refractivity contribution is -0.00450. The van der Waals surface area contributed by atoms with Gasteiger partial charge in [0.2, 0.25) is 0 Å². The molecule has 9 nitrogen and oxygen atoms in total. The van der Waals surface area contributed by atoms with Crippen molar-refractivity contribution in [2.45, 2.75) is 13.3 Å². The van der Waals surface area contributed by atoms with E-state index in [1.54, 1.807) is 10.9 Å².